The maximum absolute atomic E-state index is 14.5. The van der Waals surface area contributed by atoms with Crippen LogP contribution in [0.4, 0.5) is 14.7 Å². The van der Waals surface area contributed by atoms with Crippen molar-refractivity contribution in [2.24, 2.45) is 0 Å². The van der Waals surface area contributed by atoms with E-state index in [0.717, 1.165) is 60.8 Å². The molecule has 174 valence electrons. The second-order valence-corrected chi connectivity index (χ2v) is 8.30. The van der Waals surface area contributed by atoms with Gasteiger partial charge in [-0.2, -0.15) is 5.10 Å². The van der Waals surface area contributed by atoms with Gasteiger partial charge in [0.05, 0.1) is 35.2 Å². The van der Waals surface area contributed by atoms with Crippen LogP contribution in [0.2, 0.25) is 0 Å². The first-order valence-corrected chi connectivity index (χ1v) is 11.1. The van der Waals surface area contributed by atoms with Gasteiger partial charge in [-0.15, -0.1) is 0 Å². The van der Waals surface area contributed by atoms with Crippen molar-refractivity contribution in [3.63, 3.8) is 0 Å². The lowest BCUT2D eigenvalue weighted by molar-refractivity contribution is 0.0691. The molecule has 1 saturated heterocycles. The molecule has 5 rings (SSSR count). The second kappa shape index (κ2) is 8.77. The lowest BCUT2D eigenvalue weighted by Crippen LogP contribution is -2.36. The van der Waals surface area contributed by atoms with Crippen molar-refractivity contribution in [3.05, 3.63) is 65.7 Å². The van der Waals surface area contributed by atoms with E-state index in [4.69, 9.17) is 5.11 Å². The lowest BCUT2D eigenvalue weighted by Gasteiger charge is -2.32. The Labute approximate surface area is 193 Å². The molecule has 1 aromatic carbocycles. The first-order valence-electron chi connectivity index (χ1n) is 11.1. The van der Waals surface area contributed by atoms with E-state index in [1.165, 1.54) is 0 Å². The maximum atomic E-state index is 14.5. The molecule has 4 aromatic rings. The predicted molar refractivity (Wildman–Crippen MR) is 122 cm³/mol. The van der Waals surface area contributed by atoms with Crippen LogP contribution in [0.1, 0.15) is 41.7 Å². The monoisotopic (exact) mass is 464 g/mol. The minimum Gasteiger partial charge on any atom is -0.478 e. The van der Waals surface area contributed by atoms with Gasteiger partial charge in [0.1, 0.15) is 11.6 Å². The number of piperidine rings is 1. The van der Waals surface area contributed by atoms with Crippen LogP contribution in [0.25, 0.3) is 22.2 Å². The molecular weight excluding hydrogens is 442 g/mol. The number of hydrogen-bond donors (Lipinski definition) is 1. The number of carboxylic acids is 1. The molecular formula is C24H22F2N6O2. The van der Waals surface area contributed by atoms with E-state index in [9.17, 15) is 13.6 Å². The van der Waals surface area contributed by atoms with Gasteiger partial charge < -0.3 is 10.0 Å². The van der Waals surface area contributed by atoms with Crippen molar-refractivity contribution >= 4 is 22.8 Å². The summed E-state index contributed by atoms with van der Waals surface area (Å²) >= 11 is 0. The molecule has 0 saturated carbocycles. The SMILES string of the molecule is CCc1cnc(N2CCC(n3ncc4cc(-c5cc(F)c(C(=O)O)cc5F)ncc43)CC2)nc1. The van der Waals surface area contributed by atoms with Crippen LogP contribution in [0.3, 0.4) is 0 Å². The highest BCUT2D eigenvalue weighted by Gasteiger charge is 2.24. The van der Waals surface area contributed by atoms with E-state index in [1.54, 1.807) is 18.5 Å². The molecule has 0 atom stereocenters. The number of rotatable bonds is 5. The third kappa shape index (κ3) is 3.95. The topological polar surface area (TPSA) is 97.0 Å². The van der Waals surface area contributed by atoms with Crippen molar-refractivity contribution in [2.45, 2.75) is 32.2 Å². The average molecular weight is 464 g/mol. The number of carboxylic acid groups (broad SMARTS) is 1. The van der Waals surface area contributed by atoms with Crippen LogP contribution < -0.4 is 4.90 Å². The molecule has 0 amide bonds. The third-order valence-electron chi connectivity index (χ3n) is 6.24. The van der Waals surface area contributed by atoms with Gasteiger partial charge in [-0.1, -0.05) is 6.92 Å². The first-order chi connectivity index (χ1) is 16.4. The molecule has 1 fully saturated rings. The zero-order chi connectivity index (χ0) is 23.8. The number of aryl methyl sites for hydroxylation is 1. The van der Waals surface area contributed by atoms with Gasteiger partial charge >= 0.3 is 5.97 Å². The normalized spacial score (nSPS) is 14.6. The van der Waals surface area contributed by atoms with E-state index in [2.05, 4.69) is 31.9 Å². The van der Waals surface area contributed by atoms with Crippen LogP contribution in [-0.4, -0.2) is 48.9 Å². The fourth-order valence-electron chi connectivity index (χ4n) is 4.29. The summed E-state index contributed by atoms with van der Waals surface area (Å²) in [6.45, 7) is 3.66. The average Bonchev–Trinajstić information content (AvgIpc) is 3.28. The highest BCUT2D eigenvalue weighted by molar-refractivity contribution is 5.89. The Bertz CT molecular complexity index is 1360. The molecule has 0 spiro atoms. The number of hydrogen-bond acceptors (Lipinski definition) is 6. The minimum atomic E-state index is -1.52. The minimum absolute atomic E-state index is 0.0976. The molecule has 0 unspecified atom stereocenters. The quantitative estimate of drug-likeness (QED) is 0.471. The standard InChI is InChI=1S/C24H22F2N6O2/c1-2-14-10-28-24(29-11-14)31-5-3-16(4-6-31)32-22-13-27-21(7-15(22)12-30-32)17-8-20(26)18(23(33)34)9-19(17)25/h7-13,16H,2-6H2,1H3,(H,33,34). The summed E-state index contributed by atoms with van der Waals surface area (Å²) in [5, 5.41) is 14.3. The third-order valence-corrected chi connectivity index (χ3v) is 6.24. The number of nitrogens with zero attached hydrogens (tertiary/aromatic N) is 6. The fourth-order valence-corrected chi connectivity index (χ4v) is 4.29. The molecule has 1 aliphatic heterocycles. The summed E-state index contributed by atoms with van der Waals surface area (Å²) in [6, 6.07) is 3.34. The van der Waals surface area contributed by atoms with Gasteiger partial charge in [0, 0.05) is 36.4 Å². The molecule has 34 heavy (non-hydrogen) atoms. The van der Waals surface area contributed by atoms with E-state index in [0.29, 0.717) is 6.07 Å². The first kappa shape index (κ1) is 21.9. The lowest BCUT2D eigenvalue weighted by atomic mass is 10.0. The number of carbonyl (C=O) groups is 1. The number of benzene rings is 1. The highest BCUT2D eigenvalue weighted by Crippen LogP contribution is 2.30. The summed E-state index contributed by atoms with van der Waals surface area (Å²) in [5.41, 5.74) is 1.30. The number of aromatic nitrogens is 5. The van der Waals surface area contributed by atoms with Gasteiger partial charge in [-0.05, 0) is 43.0 Å². The zero-order valence-electron chi connectivity index (χ0n) is 18.4. The number of pyridine rings is 1. The van der Waals surface area contributed by atoms with Gasteiger partial charge in [0.15, 0.2) is 0 Å². The molecule has 3 aromatic heterocycles. The summed E-state index contributed by atoms with van der Waals surface area (Å²) in [5.74, 6) is -2.65. The van der Waals surface area contributed by atoms with Crippen molar-refractivity contribution in [1.82, 2.24) is 24.7 Å². The number of anilines is 1. The number of fused-ring (bicyclic) bond motifs is 1. The van der Waals surface area contributed by atoms with E-state index >= 15 is 0 Å². The zero-order valence-corrected chi connectivity index (χ0v) is 18.4. The molecule has 0 bridgehead atoms. The van der Waals surface area contributed by atoms with E-state index in [1.807, 2.05) is 17.1 Å². The Balaban J connectivity index is 1.35. The Kier molecular flexibility index (Phi) is 5.64. The number of halogens is 2. The Morgan fingerprint density at radius 1 is 1.03 bits per heavy atom. The van der Waals surface area contributed by atoms with E-state index < -0.39 is 23.2 Å². The molecule has 0 aliphatic carbocycles. The van der Waals surface area contributed by atoms with Crippen LogP contribution in [0, 0.1) is 11.6 Å². The van der Waals surface area contributed by atoms with Crippen LogP contribution >= 0.6 is 0 Å². The van der Waals surface area contributed by atoms with Crippen molar-refractivity contribution < 1.29 is 18.7 Å². The molecule has 1 aliphatic rings. The predicted octanol–water partition coefficient (Wildman–Crippen LogP) is 4.27. The van der Waals surface area contributed by atoms with Crippen LogP contribution in [-0.2, 0) is 6.42 Å². The van der Waals surface area contributed by atoms with Crippen LogP contribution in [0.5, 0.6) is 0 Å². The molecule has 1 N–H and O–H groups in total. The van der Waals surface area contributed by atoms with Gasteiger partial charge in [-0.25, -0.2) is 23.5 Å². The fraction of sp³-hybridized carbons (Fsp3) is 0.292. The largest absolute Gasteiger partial charge is 0.478 e. The summed E-state index contributed by atoms with van der Waals surface area (Å²) in [6.07, 6.45) is 9.62. The Morgan fingerprint density at radius 2 is 1.76 bits per heavy atom. The van der Waals surface area contributed by atoms with Gasteiger partial charge in [0.25, 0.3) is 0 Å². The van der Waals surface area contributed by atoms with Gasteiger partial charge in [0.2, 0.25) is 5.95 Å². The molecule has 8 nitrogen and oxygen atoms in total. The van der Waals surface area contributed by atoms with Crippen molar-refractivity contribution in [2.75, 3.05) is 18.0 Å². The summed E-state index contributed by atoms with van der Waals surface area (Å²) in [7, 11) is 0. The summed E-state index contributed by atoms with van der Waals surface area (Å²) in [4.78, 5) is 26.5. The Hall–Kier alpha value is -3.95. The summed E-state index contributed by atoms with van der Waals surface area (Å²) < 4.78 is 30.5. The van der Waals surface area contributed by atoms with Crippen LogP contribution in [0.15, 0.2) is 43.0 Å². The second-order valence-electron chi connectivity index (χ2n) is 8.30. The molecule has 0 radical (unpaired) electrons. The smallest absolute Gasteiger partial charge is 0.338 e. The van der Waals surface area contributed by atoms with Gasteiger partial charge in [-0.3, -0.25) is 9.67 Å². The Morgan fingerprint density at radius 3 is 2.44 bits per heavy atom. The number of aromatic carboxylic acids is 1. The molecule has 10 heteroatoms. The van der Waals surface area contributed by atoms with Crippen molar-refractivity contribution in [1.29, 1.82) is 0 Å². The highest BCUT2D eigenvalue weighted by atomic mass is 19.1. The molecule has 4 heterocycles. The van der Waals surface area contributed by atoms with Crippen molar-refractivity contribution in [3.8, 4) is 11.3 Å². The van der Waals surface area contributed by atoms with E-state index in [-0.39, 0.29) is 17.3 Å². The maximum Gasteiger partial charge on any atom is 0.338 e.